The van der Waals surface area contributed by atoms with Crippen molar-refractivity contribution in [2.24, 2.45) is 5.41 Å². The van der Waals surface area contributed by atoms with E-state index in [0.717, 1.165) is 12.8 Å². The van der Waals surface area contributed by atoms with E-state index < -0.39 is 11.4 Å². The largest absolute Gasteiger partial charge is 0.465 e. The number of amides is 2. The lowest BCUT2D eigenvalue weighted by molar-refractivity contribution is -0.134. The van der Waals surface area contributed by atoms with Gasteiger partial charge in [-0.2, -0.15) is 0 Å². The highest BCUT2D eigenvalue weighted by atomic mass is 16.5. The second kappa shape index (κ2) is 8.69. The van der Waals surface area contributed by atoms with Crippen LogP contribution in [0.1, 0.15) is 35.2 Å². The normalized spacial score (nSPS) is 14.0. The molecule has 0 aromatic heterocycles. The molecular formula is C22H24N2O4. The Kier molecular flexibility index (Phi) is 6.09. The van der Waals surface area contributed by atoms with Crippen molar-refractivity contribution in [3.05, 3.63) is 65.7 Å². The molecule has 2 N–H and O–H groups in total. The summed E-state index contributed by atoms with van der Waals surface area (Å²) in [7, 11) is 1.30. The zero-order valence-electron chi connectivity index (χ0n) is 15.9. The molecule has 146 valence electrons. The summed E-state index contributed by atoms with van der Waals surface area (Å²) in [5, 5.41) is 5.64. The Hall–Kier alpha value is -3.15. The van der Waals surface area contributed by atoms with E-state index in [-0.39, 0.29) is 11.8 Å². The first-order valence-electron chi connectivity index (χ1n) is 9.37. The van der Waals surface area contributed by atoms with Gasteiger partial charge in [0.25, 0.3) is 0 Å². The van der Waals surface area contributed by atoms with E-state index in [1.165, 1.54) is 18.7 Å². The monoisotopic (exact) mass is 380 g/mol. The first-order valence-corrected chi connectivity index (χ1v) is 9.37. The minimum absolute atomic E-state index is 0.234. The summed E-state index contributed by atoms with van der Waals surface area (Å²) in [5.41, 5.74) is 1.03. The number of ether oxygens (including phenoxy) is 1. The molecule has 2 amide bonds. The standard InChI is InChI=1S/C22H24N2O4/c1-28-19(25)17-10-5-11-18(15-17)24-21(27)22(12-13-22)20(26)23-14-6-9-16-7-3-2-4-8-16/h2-5,7-8,10-11,15H,6,9,12-14H2,1H3,(H,23,26)(H,24,27). The van der Waals surface area contributed by atoms with Gasteiger partial charge < -0.3 is 15.4 Å². The summed E-state index contributed by atoms with van der Waals surface area (Å²) in [6, 6.07) is 16.6. The Morgan fingerprint density at radius 3 is 2.43 bits per heavy atom. The Morgan fingerprint density at radius 2 is 1.75 bits per heavy atom. The Balaban J connectivity index is 1.52. The average molecular weight is 380 g/mol. The van der Waals surface area contributed by atoms with Gasteiger partial charge in [-0.25, -0.2) is 4.79 Å². The molecule has 1 fully saturated rings. The van der Waals surface area contributed by atoms with E-state index in [0.29, 0.717) is 30.6 Å². The van der Waals surface area contributed by atoms with Crippen LogP contribution in [0, 0.1) is 5.41 Å². The van der Waals surface area contributed by atoms with Crippen LogP contribution in [0.2, 0.25) is 0 Å². The van der Waals surface area contributed by atoms with Crippen LogP contribution in [0.15, 0.2) is 54.6 Å². The van der Waals surface area contributed by atoms with Crippen molar-refractivity contribution >= 4 is 23.5 Å². The second-order valence-corrected chi connectivity index (χ2v) is 6.95. The number of hydrogen-bond donors (Lipinski definition) is 2. The molecule has 6 nitrogen and oxygen atoms in total. The van der Waals surface area contributed by atoms with E-state index in [1.807, 2.05) is 18.2 Å². The number of hydrogen-bond acceptors (Lipinski definition) is 4. The third-order valence-electron chi connectivity index (χ3n) is 4.93. The lowest BCUT2D eigenvalue weighted by Gasteiger charge is -2.16. The van der Waals surface area contributed by atoms with Gasteiger partial charge in [0, 0.05) is 12.2 Å². The molecule has 1 aliphatic carbocycles. The highest BCUT2D eigenvalue weighted by Gasteiger charge is 2.56. The zero-order valence-corrected chi connectivity index (χ0v) is 15.9. The molecule has 0 radical (unpaired) electrons. The SMILES string of the molecule is COC(=O)c1cccc(NC(=O)C2(C(=O)NCCCc3ccccc3)CC2)c1. The third kappa shape index (κ3) is 4.57. The first kappa shape index (κ1) is 19.6. The Labute approximate surface area is 164 Å². The van der Waals surface area contributed by atoms with Crippen molar-refractivity contribution in [3.63, 3.8) is 0 Å². The van der Waals surface area contributed by atoms with Crippen LogP contribution < -0.4 is 10.6 Å². The predicted molar refractivity (Wildman–Crippen MR) is 106 cm³/mol. The number of carbonyl (C=O) groups is 3. The number of methoxy groups -OCH3 is 1. The smallest absolute Gasteiger partial charge is 0.337 e. The number of nitrogens with one attached hydrogen (secondary N) is 2. The summed E-state index contributed by atoms with van der Waals surface area (Å²) in [6.45, 7) is 0.528. The molecule has 0 bridgehead atoms. The topological polar surface area (TPSA) is 84.5 Å². The number of rotatable bonds is 8. The molecule has 3 rings (SSSR count). The van der Waals surface area contributed by atoms with E-state index in [4.69, 9.17) is 0 Å². The van der Waals surface area contributed by atoms with Gasteiger partial charge in [0.15, 0.2) is 0 Å². The number of benzene rings is 2. The molecule has 1 aliphatic rings. The quantitative estimate of drug-likeness (QED) is 0.419. The van der Waals surface area contributed by atoms with Gasteiger partial charge in [0.1, 0.15) is 5.41 Å². The highest BCUT2D eigenvalue weighted by Crippen LogP contribution is 2.46. The van der Waals surface area contributed by atoms with Gasteiger partial charge in [-0.3, -0.25) is 9.59 Å². The van der Waals surface area contributed by atoms with E-state index in [1.54, 1.807) is 18.2 Å². The van der Waals surface area contributed by atoms with Gasteiger partial charge in [-0.1, -0.05) is 36.4 Å². The molecule has 0 unspecified atom stereocenters. The zero-order chi connectivity index (χ0) is 20.0. The van der Waals surface area contributed by atoms with Crippen LogP contribution in [0.4, 0.5) is 5.69 Å². The van der Waals surface area contributed by atoms with Gasteiger partial charge in [-0.05, 0) is 49.4 Å². The number of esters is 1. The predicted octanol–water partition coefficient (Wildman–Crippen LogP) is 2.94. The summed E-state index contributed by atoms with van der Waals surface area (Å²) in [5.74, 6) is -1.05. The summed E-state index contributed by atoms with van der Waals surface area (Å²) in [4.78, 5) is 36.8. The van der Waals surface area contributed by atoms with Crippen LogP contribution in [0.25, 0.3) is 0 Å². The van der Waals surface area contributed by atoms with E-state index in [9.17, 15) is 14.4 Å². The summed E-state index contributed by atoms with van der Waals surface area (Å²) >= 11 is 0. The fourth-order valence-electron chi connectivity index (χ4n) is 3.08. The van der Waals surface area contributed by atoms with Crippen molar-refractivity contribution in [1.29, 1.82) is 0 Å². The van der Waals surface area contributed by atoms with Gasteiger partial charge >= 0.3 is 5.97 Å². The number of aryl methyl sites for hydroxylation is 1. The van der Waals surface area contributed by atoms with E-state index in [2.05, 4.69) is 27.5 Å². The minimum Gasteiger partial charge on any atom is -0.465 e. The maximum atomic E-state index is 12.7. The highest BCUT2D eigenvalue weighted by molar-refractivity contribution is 6.13. The van der Waals surface area contributed by atoms with Crippen molar-refractivity contribution in [2.75, 3.05) is 19.0 Å². The third-order valence-corrected chi connectivity index (χ3v) is 4.93. The van der Waals surface area contributed by atoms with Crippen LogP contribution in [0.3, 0.4) is 0 Å². The first-order chi connectivity index (χ1) is 13.5. The van der Waals surface area contributed by atoms with Crippen LogP contribution in [-0.4, -0.2) is 31.4 Å². The fraction of sp³-hybridized carbons (Fsp3) is 0.318. The van der Waals surface area contributed by atoms with Crippen molar-refractivity contribution in [2.45, 2.75) is 25.7 Å². The van der Waals surface area contributed by atoms with Gasteiger partial charge in [0.2, 0.25) is 11.8 Å². The lowest BCUT2D eigenvalue weighted by Crippen LogP contribution is -2.40. The molecule has 0 aliphatic heterocycles. The average Bonchev–Trinajstić information content (AvgIpc) is 3.53. The molecule has 2 aromatic rings. The van der Waals surface area contributed by atoms with Gasteiger partial charge in [0.05, 0.1) is 12.7 Å². The molecular weight excluding hydrogens is 356 g/mol. The second-order valence-electron chi connectivity index (χ2n) is 6.95. The van der Waals surface area contributed by atoms with Crippen molar-refractivity contribution < 1.29 is 19.1 Å². The molecule has 0 atom stereocenters. The molecule has 28 heavy (non-hydrogen) atoms. The molecule has 6 heteroatoms. The van der Waals surface area contributed by atoms with Crippen molar-refractivity contribution in [3.8, 4) is 0 Å². The molecule has 0 heterocycles. The van der Waals surface area contributed by atoms with E-state index >= 15 is 0 Å². The van der Waals surface area contributed by atoms with Crippen LogP contribution >= 0.6 is 0 Å². The fourth-order valence-corrected chi connectivity index (χ4v) is 3.08. The van der Waals surface area contributed by atoms with Crippen molar-refractivity contribution in [1.82, 2.24) is 5.32 Å². The molecule has 0 saturated heterocycles. The molecule has 2 aromatic carbocycles. The number of anilines is 1. The number of carbonyl (C=O) groups excluding carboxylic acids is 3. The van der Waals surface area contributed by atoms with Gasteiger partial charge in [-0.15, -0.1) is 0 Å². The minimum atomic E-state index is -1.01. The Bertz CT molecular complexity index is 860. The Morgan fingerprint density at radius 1 is 1.00 bits per heavy atom. The molecule has 1 saturated carbocycles. The lowest BCUT2D eigenvalue weighted by atomic mass is 10.0. The van der Waals surface area contributed by atoms with Crippen LogP contribution in [0.5, 0.6) is 0 Å². The summed E-state index contributed by atoms with van der Waals surface area (Å²) < 4.78 is 4.69. The summed E-state index contributed by atoms with van der Waals surface area (Å²) in [6.07, 6.45) is 2.75. The maximum absolute atomic E-state index is 12.7. The van der Waals surface area contributed by atoms with Crippen LogP contribution in [-0.2, 0) is 20.7 Å². The molecule has 0 spiro atoms. The maximum Gasteiger partial charge on any atom is 0.337 e.